The lowest BCUT2D eigenvalue weighted by atomic mass is 9.87. The zero-order valence-electron chi connectivity index (χ0n) is 8.14. The van der Waals surface area contributed by atoms with Gasteiger partial charge in [-0.2, -0.15) is 0 Å². The predicted molar refractivity (Wildman–Crippen MR) is 48.0 cm³/mol. The van der Waals surface area contributed by atoms with Crippen LogP contribution in [0.2, 0.25) is 0 Å². The minimum absolute atomic E-state index is 0.00262. The summed E-state index contributed by atoms with van der Waals surface area (Å²) in [5, 5.41) is 28.6. The number of aliphatic hydroxyl groups is 3. The molecule has 13 heavy (non-hydrogen) atoms. The summed E-state index contributed by atoms with van der Waals surface area (Å²) in [5.41, 5.74) is -0.0905. The lowest BCUT2D eigenvalue weighted by Crippen LogP contribution is -2.36. The largest absolute Gasteiger partial charge is 0.396 e. The Morgan fingerprint density at radius 3 is 2.31 bits per heavy atom. The van der Waals surface area contributed by atoms with Crippen LogP contribution in [0.3, 0.4) is 0 Å². The number of aliphatic hydroxyl groups excluding tert-OH is 3. The van der Waals surface area contributed by atoms with Crippen LogP contribution in [0.1, 0.15) is 20.3 Å². The number of fused-ring (bicyclic) bond motifs is 1. The predicted octanol–water partition coefficient (Wildman–Crippen LogP) is -0.00740. The molecular formula is C10H18O3. The third-order valence-corrected chi connectivity index (χ3v) is 4.22. The molecule has 2 rings (SSSR count). The van der Waals surface area contributed by atoms with Crippen molar-refractivity contribution >= 4 is 0 Å². The van der Waals surface area contributed by atoms with Gasteiger partial charge in [-0.25, -0.2) is 0 Å². The molecule has 0 aliphatic heterocycles. The molecule has 0 aromatic rings. The Morgan fingerprint density at radius 1 is 1.38 bits per heavy atom. The highest BCUT2D eigenvalue weighted by Gasteiger charge is 2.71. The number of hydrogen-bond donors (Lipinski definition) is 3. The van der Waals surface area contributed by atoms with Crippen molar-refractivity contribution in [1.29, 1.82) is 0 Å². The van der Waals surface area contributed by atoms with E-state index in [9.17, 15) is 10.2 Å². The smallest absolute Gasteiger partial charge is 0.0864 e. The molecule has 0 heterocycles. The lowest BCUT2D eigenvalue weighted by molar-refractivity contribution is -0.0386. The third kappa shape index (κ3) is 0.953. The van der Waals surface area contributed by atoms with Crippen molar-refractivity contribution < 1.29 is 15.3 Å². The van der Waals surface area contributed by atoms with Gasteiger partial charge in [0.05, 0.1) is 12.2 Å². The molecule has 2 saturated carbocycles. The molecule has 2 aliphatic rings. The summed E-state index contributed by atoms with van der Waals surface area (Å²) in [7, 11) is 0. The van der Waals surface area contributed by atoms with Crippen LogP contribution in [-0.2, 0) is 0 Å². The van der Waals surface area contributed by atoms with Gasteiger partial charge in [0.2, 0.25) is 0 Å². The summed E-state index contributed by atoms with van der Waals surface area (Å²) < 4.78 is 0. The van der Waals surface area contributed by atoms with Crippen molar-refractivity contribution in [1.82, 2.24) is 0 Å². The molecule has 3 nitrogen and oxygen atoms in total. The summed E-state index contributed by atoms with van der Waals surface area (Å²) in [6.45, 7) is 4.16. The van der Waals surface area contributed by atoms with Crippen molar-refractivity contribution in [2.24, 2.45) is 23.2 Å². The maximum Gasteiger partial charge on any atom is 0.0864 e. The first-order valence-electron chi connectivity index (χ1n) is 5.02. The van der Waals surface area contributed by atoms with Crippen LogP contribution in [-0.4, -0.2) is 34.1 Å². The van der Waals surface area contributed by atoms with E-state index in [0.29, 0.717) is 11.8 Å². The van der Waals surface area contributed by atoms with E-state index in [2.05, 4.69) is 13.8 Å². The first-order valence-corrected chi connectivity index (χ1v) is 5.02. The standard InChI is InChI=1S/C10H18O3/c1-5(2)10-3-7(10)6(4-11)8(12)9(10)13/h5-9,11-13H,3-4H2,1-2H3. The Hall–Kier alpha value is -0.120. The maximum atomic E-state index is 9.87. The second kappa shape index (κ2) is 2.69. The van der Waals surface area contributed by atoms with Gasteiger partial charge in [0, 0.05) is 17.9 Å². The van der Waals surface area contributed by atoms with E-state index in [4.69, 9.17) is 5.11 Å². The minimum Gasteiger partial charge on any atom is -0.396 e. The summed E-state index contributed by atoms with van der Waals surface area (Å²) in [6.07, 6.45) is -0.380. The molecule has 2 fully saturated rings. The molecule has 0 bridgehead atoms. The van der Waals surface area contributed by atoms with Crippen LogP contribution < -0.4 is 0 Å². The van der Waals surface area contributed by atoms with E-state index in [1.807, 2.05) is 0 Å². The van der Waals surface area contributed by atoms with Gasteiger partial charge in [-0.15, -0.1) is 0 Å². The van der Waals surface area contributed by atoms with Crippen LogP contribution in [0, 0.1) is 23.2 Å². The molecule has 76 valence electrons. The Morgan fingerprint density at radius 2 is 2.00 bits per heavy atom. The summed E-state index contributed by atoms with van der Waals surface area (Å²) in [4.78, 5) is 0. The molecule has 3 heteroatoms. The highest BCUT2D eigenvalue weighted by atomic mass is 16.3. The average molecular weight is 186 g/mol. The van der Waals surface area contributed by atoms with Crippen LogP contribution in [0.5, 0.6) is 0 Å². The quantitative estimate of drug-likeness (QED) is 0.568. The van der Waals surface area contributed by atoms with Crippen LogP contribution >= 0.6 is 0 Å². The van der Waals surface area contributed by atoms with Gasteiger partial charge in [0.25, 0.3) is 0 Å². The van der Waals surface area contributed by atoms with Gasteiger partial charge in [-0.1, -0.05) is 13.8 Å². The topological polar surface area (TPSA) is 60.7 Å². The van der Waals surface area contributed by atoms with Crippen molar-refractivity contribution in [3.8, 4) is 0 Å². The highest BCUT2D eigenvalue weighted by molar-refractivity contribution is 5.19. The van der Waals surface area contributed by atoms with E-state index < -0.39 is 12.2 Å². The van der Waals surface area contributed by atoms with Gasteiger partial charge in [-0.3, -0.25) is 0 Å². The fourth-order valence-corrected chi connectivity index (χ4v) is 3.24. The first-order chi connectivity index (χ1) is 6.05. The lowest BCUT2D eigenvalue weighted by Gasteiger charge is -2.25. The third-order valence-electron chi connectivity index (χ3n) is 4.22. The maximum absolute atomic E-state index is 9.87. The molecular weight excluding hydrogens is 168 g/mol. The molecule has 5 unspecified atom stereocenters. The number of hydrogen-bond acceptors (Lipinski definition) is 3. The van der Waals surface area contributed by atoms with E-state index >= 15 is 0 Å². The fourth-order valence-electron chi connectivity index (χ4n) is 3.24. The molecule has 5 atom stereocenters. The molecule has 0 amide bonds. The Balaban J connectivity index is 2.21. The minimum atomic E-state index is -0.717. The van der Waals surface area contributed by atoms with Crippen LogP contribution in [0.4, 0.5) is 0 Å². The molecule has 2 aliphatic carbocycles. The van der Waals surface area contributed by atoms with Crippen molar-refractivity contribution in [3.63, 3.8) is 0 Å². The van der Waals surface area contributed by atoms with Gasteiger partial charge in [0.15, 0.2) is 0 Å². The molecule has 3 N–H and O–H groups in total. The molecule has 0 saturated heterocycles. The van der Waals surface area contributed by atoms with Crippen LogP contribution in [0.25, 0.3) is 0 Å². The SMILES string of the molecule is CC(C)C12CC1C(CO)C(O)C2O. The molecule has 0 radical (unpaired) electrons. The van der Waals surface area contributed by atoms with E-state index in [0.717, 1.165) is 6.42 Å². The van der Waals surface area contributed by atoms with Crippen LogP contribution in [0.15, 0.2) is 0 Å². The zero-order chi connectivity index (χ0) is 9.80. The van der Waals surface area contributed by atoms with Crippen molar-refractivity contribution in [2.75, 3.05) is 6.61 Å². The second-order valence-corrected chi connectivity index (χ2v) is 4.86. The average Bonchev–Trinajstić information content (AvgIpc) is 2.76. The monoisotopic (exact) mass is 186 g/mol. The van der Waals surface area contributed by atoms with Crippen molar-refractivity contribution in [3.05, 3.63) is 0 Å². The summed E-state index contributed by atoms with van der Waals surface area (Å²) in [5.74, 6) is 0.624. The molecule has 0 spiro atoms. The Kier molecular flexibility index (Phi) is 1.95. The zero-order valence-corrected chi connectivity index (χ0v) is 8.14. The van der Waals surface area contributed by atoms with E-state index in [1.165, 1.54) is 0 Å². The van der Waals surface area contributed by atoms with Crippen molar-refractivity contribution in [2.45, 2.75) is 32.5 Å². The van der Waals surface area contributed by atoms with Gasteiger partial charge in [0.1, 0.15) is 0 Å². The molecule has 0 aromatic heterocycles. The van der Waals surface area contributed by atoms with Gasteiger partial charge >= 0.3 is 0 Å². The van der Waals surface area contributed by atoms with Gasteiger partial charge in [-0.05, 0) is 18.3 Å². The van der Waals surface area contributed by atoms with E-state index in [-0.39, 0.29) is 17.9 Å². The van der Waals surface area contributed by atoms with E-state index in [1.54, 1.807) is 0 Å². The highest BCUT2D eigenvalue weighted by Crippen LogP contribution is 2.69. The second-order valence-electron chi connectivity index (χ2n) is 4.86. The first kappa shape index (κ1) is 9.44. The van der Waals surface area contributed by atoms with Gasteiger partial charge < -0.3 is 15.3 Å². The normalized spacial score (nSPS) is 54.0. The summed E-state index contributed by atoms with van der Waals surface area (Å²) in [6, 6.07) is 0. The summed E-state index contributed by atoms with van der Waals surface area (Å²) >= 11 is 0. The number of rotatable bonds is 2. The molecule has 0 aromatic carbocycles. The fraction of sp³-hybridized carbons (Fsp3) is 1.00. The Bertz CT molecular complexity index is 216. The Labute approximate surface area is 78.4 Å².